The van der Waals surface area contributed by atoms with E-state index in [4.69, 9.17) is 71.8 Å². The van der Waals surface area contributed by atoms with Crippen molar-refractivity contribution in [1.82, 2.24) is 97.7 Å². The smallest absolute Gasteiger partial charge is 0.294 e. The van der Waals surface area contributed by atoms with Crippen LogP contribution in [0, 0.1) is 94.2 Å². The number of rotatable bonds is 12. The molecule has 4 fully saturated rings. The molecule has 0 saturated carbocycles. The summed E-state index contributed by atoms with van der Waals surface area (Å²) in [6.45, 7) is -2.97. The highest BCUT2D eigenvalue weighted by molar-refractivity contribution is 5.81. The molecule has 16 atom stereocenters. The Bertz CT molecular complexity index is 4590. The average Bonchev–Trinajstić information content (AvgIpc) is 1.63. The maximum Gasteiger partial charge on any atom is 0.294 e. The van der Waals surface area contributed by atoms with Crippen LogP contribution in [0.1, 0.15) is 24.9 Å². The van der Waals surface area contributed by atoms with Crippen molar-refractivity contribution in [1.29, 1.82) is 27.4 Å². The number of aromatic nitrogens is 16. The quantitative estimate of drug-likeness (QED) is 0.0307. The van der Waals surface area contributed by atoms with Crippen LogP contribution in [0.15, 0.2) is 79.1 Å². The molecule has 0 amide bonds. The Morgan fingerprint density at radius 1 is 0.516 bits per heavy atom. The largest absolute Gasteiger partial charge is 0.391 e. The number of nitrogens with zero attached hydrogens (tertiary/aromatic N) is 22. The second-order valence-electron chi connectivity index (χ2n) is 19.8. The van der Waals surface area contributed by atoms with Crippen LogP contribution in [-0.2, 0) is 18.9 Å². The van der Waals surface area contributed by atoms with Crippen molar-refractivity contribution in [2.24, 2.45) is 44.1 Å². The fraction of sp³-hybridized carbons (Fsp3) is 0.426. The maximum absolute atomic E-state index is 11.8. The van der Waals surface area contributed by atoms with Gasteiger partial charge in [0.2, 0.25) is 25.6 Å². The van der Waals surface area contributed by atoms with Crippen molar-refractivity contribution in [3.05, 3.63) is 75.4 Å². The van der Waals surface area contributed by atoms with Crippen molar-refractivity contribution in [3.63, 3.8) is 0 Å². The molecule has 0 spiro atoms. The summed E-state index contributed by atoms with van der Waals surface area (Å²) in [5, 5.41) is 103. The Morgan fingerprint density at radius 3 is 1.18 bits per heavy atom. The van der Waals surface area contributed by atoms with E-state index < -0.39 is 139 Å². The highest BCUT2D eigenvalue weighted by Gasteiger charge is 2.63. The number of fused-ring (bicyclic) bond motifs is 4. The lowest BCUT2D eigenvalue weighted by Gasteiger charge is -2.18. The molecule has 0 aromatic carbocycles. The molecule has 46 nitrogen and oxygen atoms in total. The third-order valence-corrected chi connectivity index (χ3v) is 14.9. The van der Waals surface area contributed by atoms with Gasteiger partial charge in [-0.2, -0.15) is 10.2 Å². The third-order valence-electron chi connectivity index (χ3n) is 14.9. The van der Waals surface area contributed by atoms with E-state index >= 15 is 0 Å². The molecule has 0 radical (unpaired) electrons. The summed E-state index contributed by atoms with van der Waals surface area (Å²) in [4.78, 5) is 89.4. The molecule has 0 bridgehead atoms. The minimum Gasteiger partial charge on any atom is -0.391 e. The lowest BCUT2D eigenvalue weighted by atomic mass is 9.97. The predicted molar refractivity (Wildman–Crippen MR) is 298 cm³/mol. The van der Waals surface area contributed by atoms with Crippen LogP contribution >= 0.6 is 0 Å². The van der Waals surface area contributed by atoms with E-state index in [0.717, 1.165) is 0 Å². The molecule has 4 saturated heterocycles. The van der Waals surface area contributed by atoms with Gasteiger partial charge in [0.15, 0.2) is 90.3 Å². The van der Waals surface area contributed by atoms with E-state index in [-0.39, 0.29) is 45.3 Å². The third kappa shape index (κ3) is 11.1. The lowest BCUT2D eigenvalue weighted by molar-refractivity contribution is -0.126. The molecule has 478 valence electrons. The number of nitrogens with one attached hydrogen (secondary N) is 7. The number of nitrogen functional groups attached to an aromatic ring is 2. The number of aromatic amines is 3. The van der Waals surface area contributed by atoms with E-state index in [1.807, 2.05) is 6.07 Å². The molecule has 46 heteroatoms. The van der Waals surface area contributed by atoms with Crippen molar-refractivity contribution >= 4 is 56.4 Å². The summed E-state index contributed by atoms with van der Waals surface area (Å²) in [5.41, 5.74) is 30.9. The van der Waals surface area contributed by atoms with Gasteiger partial charge in [-0.15, -0.1) is 19.3 Å². The molecule has 0 aliphatic carbocycles. The van der Waals surface area contributed by atoms with Crippen molar-refractivity contribution in [2.45, 2.75) is 72.2 Å². The number of hydrogen-bond acceptors (Lipinski definition) is 35. The first-order chi connectivity index (χ1) is 44.7. The van der Waals surface area contributed by atoms with Gasteiger partial charge in [0, 0.05) is 0 Å². The highest BCUT2D eigenvalue weighted by atomic mass is 16.6. The molecule has 12 heterocycles. The second kappa shape index (κ2) is 26.3. The van der Waals surface area contributed by atoms with Crippen LogP contribution in [0.5, 0.6) is 0 Å². The van der Waals surface area contributed by atoms with Gasteiger partial charge in [-0.05, 0) is 0 Å². The van der Waals surface area contributed by atoms with Crippen LogP contribution in [-0.4, -0.2) is 193 Å². The van der Waals surface area contributed by atoms with Crippen molar-refractivity contribution < 1.29 is 59.8 Å². The summed E-state index contributed by atoms with van der Waals surface area (Å²) in [6, 6.07) is 1.87. The SMILES string of the molecule is C#C[C@@H]1[C@H](n2cnc3c(=O)[nH]c(N)nc32)O[C@@](CO)(N=[N+]=N)[C@H]1O.C#C[C@@H]1[C@H](n2cnc3c(=O)[nH]cnc32)O[C@@](CO)(N=[N+]=N)[C@H]1O.C#C[C@@H]1[C@H](n2cnc3c(N)ncnc32)O[C@@](CO)(N=[N+]=N)[C@H]1O.N#C[C@@H]1[C@H](n2cnc3c(=O)[nH]cnc32)O[C@@](CO)(N=[N+]=N)[C@H]1O. The van der Waals surface area contributed by atoms with Crippen LogP contribution in [0.4, 0.5) is 11.8 Å². The van der Waals surface area contributed by atoms with Crippen LogP contribution < -0.4 is 47.8 Å². The summed E-state index contributed by atoms with van der Waals surface area (Å²) >= 11 is 0. The van der Waals surface area contributed by atoms with Gasteiger partial charge in [0.05, 0.1) is 61.8 Å². The first kappa shape index (κ1) is 65.6. The summed E-state index contributed by atoms with van der Waals surface area (Å²) in [5.74, 6) is 3.26. The molecule has 4 aliphatic heterocycles. The van der Waals surface area contributed by atoms with E-state index in [2.05, 4.69) is 118 Å². The number of hydrogen-bond donors (Lipinski definition) is 17. The number of nitrogens with two attached hydrogens (primary N) is 2. The van der Waals surface area contributed by atoms with Crippen LogP contribution in [0.3, 0.4) is 0 Å². The number of H-pyrrole nitrogens is 3. The molecule has 12 rings (SSSR count). The zero-order valence-electron chi connectivity index (χ0n) is 47.0. The number of ether oxygens (including phenoxy) is 4. The standard InChI is InChI=1S/C12H12N8O4.C12H13N8O3.C12H11N7O4.C11H10N8O4/c1-2-5-7(22)12(3-21,18-19-14)24-10(5)20-4-15-6-8(20)16-11(13)17-9(6)23;1-2-6-8(22)12(3-21,18-19-14)23-11(6)20-5-17-7-9(13)15-4-16-10(7)20;1-2-6-8(21)12(3-20,17-18-13)23-11(6)19-5-16-7-9(19)14-4-15-10(7)22;12-1-5-7(21)11(2-20,17-18-13)23-10(5)19-4-16-6-8(19)14-3-15-9(6)22/h1,4-5,7,10,14,21-22H,3H2,(H2-,13,16,17,23);1,4-6,8,11,14,21-22H,3H2,(H2,13,15,16);1,4-6,8,11,13,20-21H,3H2;3-5,7,10,13,20-21H,2H2/q;+1;;/p+3/t5-,7-,10+,12+;2*6-,8-,11+,12+;5-,7-,10+,11+/m0000/s1. The van der Waals surface area contributed by atoms with Gasteiger partial charge in [-0.25, -0.2) is 39.9 Å². The normalized spacial score (nSPS) is 29.8. The van der Waals surface area contributed by atoms with Gasteiger partial charge in [0.25, 0.3) is 39.6 Å². The zero-order valence-corrected chi connectivity index (χ0v) is 47.0. The lowest BCUT2D eigenvalue weighted by Crippen LogP contribution is -2.43. The fourth-order valence-electron chi connectivity index (χ4n) is 10.3. The Hall–Kier alpha value is -11.9. The second-order valence-corrected chi connectivity index (χ2v) is 19.8. The first-order valence-corrected chi connectivity index (χ1v) is 26.2. The highest BCUT2D eigenvalue weighted by Crippen LogP contribution is 2.46. The van der Waals surface area contributed by atoms with Crippen molar-refractivity contribution in [3.8, 4) is 43.1 Å². The minimum absolute atomic E-state index is 0.00155. The molecule has 0 unspecified atom stereocenters. The van der Waals surface area contributed by atoms with E-state index in [1.54, 1.807) is 0 Å². The van der Waals surface area contributed by atoms with Gasteiger partial charge in [-0.1, -0.05) is 17.8 Å². The van der Waals surface area contributed by atoms with Crippen LogP contribution in [0.25, 0.3) is 44.7 Å². The predicted octanol–water partition coefficient (Wildman–Crippen LogP) is -6.25. The van der Waals surface area contributed by atoms with Gasteiger partial charge >= 0.3 is 0 Å². The van der Waals surface area contributed by atoms with E-state index in [0.29, 0.717) is 11.2 Å². The minimum atomic E-state index is -1.94. The molecular formula is C47H49N31O15+4. The Labute approximate surface area is 512 Å². The molecule has 4 aliphatic rings. The van der Waals surface area contributed by atoms with Crippen LogP contribution in [0.2, 0.25) is 0 Å². The number of anilines is 2. The molecule has 8 aromatic rings. The summed E-state index contributed by atoms with van der Waals surface area (Å²) in [6.07, 6.45) is 15.3. The number of imidazole rings is 4. The molecule has 19 N–H and O–H groups in total. The Balaban J connectivity index is 0.000000146. The Kier molecular flexibility index (Phi) is 18.5. The zero-order chi connectivity index (χ0) is 67.3. The monoisotopic (exact) mass is 1290 g/mol. The first-order valence-electron chi connectivity index (χ1n) is 26.2. The number of terminal acetylenes is 3. The maximum atomic E-state index is 11.8. The topological polar surface area (TPSA) is 710 Å². The fourth-order valence-corrected chi connectivity index (χ4v) is 10.3. The number of aliphatic hydroxyl groups excluding tert-OH is 8. The average molecular weight is 1290 g/mol. The van der Waals surface area contributed by atoms with E-state index in [1.165, 1.54) is 62.6 Å². The van der Waals surface area contributed by atoms with Gasteiger partial charge < -0.3 is 81.2 Å². The Morgan fingerprint density at radius 2 is 0.839 bits per heavy atom. The molecule has 93 heavy (non-hydrogen) atoms. The molecule has 8 aromatic heterocycles. The summed E-state index contributed by atoms with van der Waals surface area (Å²) < 4.78 is 27.8. The van der Waals surface area contributed by atoms with Gasteiger partial charge in [-0.3, -0.25) is 37.6 Å². The van der Waals surface area contributed by atoms with E-state index in [9.17, 15) is 60.5 Å². The molecular weight excluding hydrogens is 1240 g/mol. The van der Waals surface area contributed by atoms with Gasteiger partial charge in [0.1, 0.15) is 90.7 Å². The number of nitriles is 1. The summed E-state index contributed by atoms with van der Waals surface area (Å²) in [7, 11) is 0. The van der Waals surface area contributed by atoms with Crippen molar-refractivity contribution in [2.75, 3.05) is 37.9 Å². The number of aliphatic hydroxyl groups is 8.